The summed E-state index contributed by atoms with van der Waals surface area (Å²) in [6, 6.07) is 6.66. The maximum Gasteiger partial charge on any atom is 0.190 e. The van der Waals surface area contributed by atoms with E-state index in [1.54, 1.807) is 7.05 Å². The molecule has 0 aromatic heterocycles. The van der Waals surface area contributed by atoms with Gasteiger partial charge >= 0.3 is 0 Å². The Labute approximate surface area is 174 Å². The molecule has 0 spiro atoms. The normalized spacial score (nSPS) is 16.2. The molecule has 1 saturated heterocycles. The van der Waals surface area contributed by atoms with Gasteiger partial charge in [0.25, 0.3) is 0 Å². The van der Waals surface area contributed by atoms with Crippen LogP contribution in [0.4, 0.5) is 4.39 Å². The molecule has 0 aliphatic carbocycles. The summed E-state index contributed by atoms with van der Waals surface area (Å²) in [4.78, 5) is 9.19. The SMILES string of the molecule is CN=C(NCCCCN1CCN(C)CC1)NCCc1ccc(F)cc1.I. The molecule has 0 radical (unpaired) electrons. The van der Waals surface area contributed by atoms with Crippen LogP contribution in [-0.2, 0) is 6.42 Å². The molecule has 2 N–H and O–H groups in total. The van der Waals surface area contributed by atoms with E-state index in [0.29, 0.717) is 0 Å². The van der Waals surface area contributed by atoms with Crippen LogP contribution in [0.15, 0.2) is 29.3 Å². The van der Waals surface area contributed by atoms with Crippen molar-refractivity contribution in [1.82, 2.24) is 20.4 Å². The standard InChI is InChI=1S/C19H32FN5.HI/c1-21-19(23-11-9-17-5-7-18(20)8-6-17)22-10-3-4-12-25-15-13-24(2)14-16-25;/h5-8H,3-4,9-16H2,1-2H3,(H2,21,22,23);1H. The average Bonchev–Trinajstić information content (AvgIpc) is 2.63. The molecule has 1 aliphatic heterocycles. The zero-order valence-corrected chi connectivity index (χ0v) is 18.3. The highest BCUT2D eigenvalue weighted by Crippen LogP contribution is 2.03. The summed E-state index contributed by atoms with van der Waals surface area (Å²) in [5.74, 6) is 0.646. The minimum Gasteiger partial charge on any atom is -0.356 e. The lowest BCUT2D eigenvalue weighted by atomic mass is 10.1. The first kappa shape index (κ1) is 23.1. The number of unbranched alkanes of at least 4 members (excludes halogenated alkanes) is 1. The van der Waals surface area contributed by atoms with E-state index in [1.165, 1.54) is 51.3 Å². The van der Waals surface area contributed by atoms with Crippen LogP contribution in [0.25, 0.3) is 0 Å². The van der Waals surface area contributed by atoms with Crippen LogP contribution in [0.5, 0.6) is 0 Å². The number of hydrogen-bond acceptors (Lipinski definition) is 3. The zero-order chi connectivity index (χ0) is 17.9. The van der Waals surface area contributed by atoms with Crippen molar-refractivity contribution in [2.24, 2.45) is 4.99 Å². The van der Waals surface area contributed by atoms with E-state index < -0.39 is 0 Å². The van der Waals surface area contributed by atoms with E-state index in [-0.39, 0.29) is 29.8 Å². The van der Waals surface area contributed by atoms with Crippen molar-refractivity contribution in [3.05, 3.63) is 35.6 Å². The Bertz CT molecular complexity index is 515. The number of guanidine groups is 1. The molecule has 1 aromatic carbocycles. The van der Waals surface area contributed by atoms with Crippen LogP contribution in [0.1, 0.15) is 18.4 Å². The number of benzene rings is 1. The van der Waals surface area contributed by atoms with Crippen LogP contribution in [0.3, 0.4) is 0 Å². The number of halogens is 2. The van der Waals surface area contributed by atoms with Gasteiger partial charge in [-0.2, -0.15) is 0 Å². The maximum atomic E-state index is 12.9. The van der Waals surface area contributed by atoms with Crippen LogP contribution in [0, 0.1) is 5.82 Å². The minimum atomic E-state index is -0.189. The Morgan fingerprint density at radius 1 is 1.04 bits per heavy atom. The van der Waals surface area contributed by atoms with Crippen molar-refractivity contribution in [1.29, 1.82) is 0 Å². The van der Waals surface area contributed by atoms with Crippen molar-refractivity contribution in [3.8, 4) is 0 Å². The van der Waals surface area contributed by atoms with Crippen LogP contribution in [-0.4, -0.2) is 75.7 Å². The second-order valence-corrected chi connectivity index (χ2v) is 6.65. The van der Waals surface area contributed by atoms with Gasteiger partial charge in [0.15, 0.2) is 5.96 Å². The predicted molar refractivity (Wildman–Crippen MR) is 118 cm³/mol. The van der Waals surface area contributed by atoms with Crippen molar-refractivity contribution in [3.63, 3.8) is 0 Å². The molecule has 1 aromatic rings. The second kappa shape index (κ2) is 13.3. The Morgan fingerprint density at radius 3 is 2.35 bits per heavy atom. The molecule has 0 atom stereocenters. The first-order valence-electron chi connectivity index (χ1n) is 9.27. The second-order valence-electron chi connectivity index (χ2n) is 6.65. The summed E-state index contributed by atoms with van der Waals surface area (Å²) in [5.41, 5.74) is 1.12. The van der Waals surface area contributed by atoms with Gasteiger partial charge < -0.3 is 20.4 Å². The summed E-state index contributed by atoms with van der Waals surface area (Å²) in [7, 11) is 3.98. The quantitative estimate of drug-likeness (QED) is 0.261. The number of aliphatic imine (C=N–C) groups is 1. The fourth-order valence-corrected chi connectivity index (χ4v) is 2.94. The molecule has 26 heavy (non-hydrogen) atoms. The maximum absolute atomic E-state index is 12.9. The molecule has 5 nitrogen and oxygen atoms in total. The van der Waals surface area contributed by atoms with E-state index >= 15 is 0 Å². The Kier molecular flexibility index (Phi) is 11.8. The molecule has 0 amide bonds. The van der Waals surface area contributed by atoms with Gasteiger partial charge in [0, 0.05) is 46.3 Å². The molecule has 148 valence electrons. The van der Waals surface area contributed by atoms with Gasteiger partial charge in [-0.25, -0.2) is 4.39 Å². The van der Waals surface area contributed by atoms with Gasteiger partial charge in [0.2, 0.25) is 0 Å². The van der Waals surface area contributed by atoms with E-state index in [1.807, 2.05) is 12.1 Å². The Hall–Kier alpha value is -0.930. The van der Waals surface area contributed by atoms with Crippen LogP contribution >= 0.6 is 24.0 Å². The molecule has 1 fully saturated rings. The topological polar surface area (TPSA) is 42.9 Å². The lowest BCUT2D eigenvalue weighted by Gasteiger charge is -2.32. The minimum absolute atomic E-state index is 0. The first-order chi connectivity index (χ1) is 12.2. The highest BCUT2D eigenvalue weighted by Gasteiger charge is 2.12. The molecular weight excluding hydrogens is 444 g/mol. The zero-order valence-electron chi connectivity index (χ0n) is 16.0. The van der Waals surface area contributed by atoms with Crippen molar-refractivity contribution in [2.75, 3.05) is 59.9 Å². The number of nitrogens with zero attached hydrogens (tertiary/aromatic N) is 3. The lowest BCUT2D eigenvalue weighted by molar-refractivity contribution is 0.152. The van der Waals surface area contributed by atoms with Gasteiger partial charge in [-0.1, -0.05) is 12.1 Å². The molecule has 7 heteroatoms. The molecular formula is C19H33FIN5. The summed E-state index contributed by atoms with van der Waals surface area (Å²) in [5, 5.41) is 6.67. The number of nitrogens with one attached hydrogen (secondary N) is 2. The van der Waals surface area contributed by atoms with E-state index in [9.17, 15) is 4.39 Å². The van der Waals surface area contributed by atoms with Crippen molar-refractivity contribution >= 4 is 29.9 Å². The number of hydrogen-bond donors (Lipinski definition) is 2. The highest BCUT2D eigenvalue weighted by molar-refractivity contribution is 14.0. The summed E-state index contributed by atoms with van der Waals surface area (Å²) in [6.07, 6.45) is 3.21. The Balaban J connectivity index is 0.00000338. The van der Waals surface area contributed by atoms with Gasteiger partial charge in [-0.05, 0) is 50.6 Å². The Morgan fingerprint density at radius 2 is 1.69 bits per heavy atom. The fourth-order valence-electron chi connectivity index (χ4n) is 2.94. The largest absolute Gasteiger partial charge is 0.356 e. The first-order valence-corrected chi connectivity index (χ1v) is 9.27. The van der Waals surface area contributed by atoms with E-state index in [4.69, 9.17) is 0 Å². The van der Waals surface area contributed by atoms with Crippen molar-refractivity contribution < 1.29 is 4.39 Å². The molecule has 1 heterocycles. The highest BCUT2D eigenvalue weighted by atomic mass is 127. The van der Waals surface area contributed by atoms with Gasteiger partial charge in [0.05, 0.1) is 0 Å². The average molecular weight is 477 g/mol. The third kappa shape index (κ3) is 9.14. The molecule has 2 rings (SSSR count). The summed E-state index contributed by atoms with van der Waals surface area (Å²) < 4.78 is 12.9. The van der Waals surface area contributed by atoms with Gasteiger partial charge in [-0.15, -0.1) is 24.0 Å². The molecule has 0 bridgehead atoms. The van der Waals surface area contributed by atoms with E-state index in [0.717, 1.165) is 37.5 Å². The molecule has 0 unspecified atom stereocenters. The van der Waals surface area contributed by atoms with E-state index in [2.05, 4.69) is 32.5 Å². The van der Waals surface area contributed by atoms with Crippen molar-refractivity contribution in [2.45, 2.75) is 19.3 Å². The third-order valence-corrected chi connectivity index (χ3v) is 4.63. The number of rotatable bonds is 8. The molecule has 0 saturated carbocycles. The summed E-state index contributed by atoms with van der Waals surface area (Å²) >= 11 is 0. The van der Waals surface area contributed by atoms with Gasteiger partial charge in [0.1, 0.15) is 5.82 Å². The molecule has 1 aliphatic rings. The third-order valence-electron chi connectivity index (χ3n) is 4.63. The van der Waals surface area contributed by atoms with Gasteiger partial charge in [-0.3, -0.25) is 4.99 Å². The smallest absolute Gasteiger partial charge is 0.190 e. The number of piperazine rings is 1. The monoisotopic (exact) mass is 477 g/mol. The summed E-state index contributed by atoms with van der Waals surface area (Å²) in [6.45, 7) is 7.65. The van der Waals surface area contributed by atoms with Crippen LogP contribution in [0.2, 0.25) is 0 Å². The number of likely N-dealkylation sites (N-methyl/N-ethyl adjacent to an activating group) is 1. The predicted octanol–water partition coefficient (Wildman–Crippen LogP) is 2.18. The fraction of sp³-hybridized carbons (Fsp3) is 0.632. The lowest BCUT2D eigenvalue weighted by Crippen LogP contribution is -2.44. The van der Waals surface area contributed by atoms with Crippen LogP contribution < -0.4 is 10.6 Å².